The zero-order valence-electron chi connectivity index (χ0n) is 12.7. The zero-order chi connectivity index (χ0) is 15.3. The summed E-state index contributed by atoms with van der Waals surface area (Å²) in [5.74, 6) is -1.16. The topological polar surface area (TPSA) is 85.4 Å². The standard InChI is InChI=1S/C13H25N3O4/c1-5-8-15(13(2,3)4)16(19)14-20-11-7-6-10(9-11)12(17)18/h10-11H,5-9H2,1-4H3,(H-,14,17,18,19)/p+1/t10-,11+/m0/s1. The number of hydrogen-bond acceptors (Lipinski definition) is 3. The van der Waals surface area contributed by atoms with Crippen molar-refractivity contribution in [3.8, 4) is 0 Å². The SMILES string of the molecule is CCCN(/[N+](O)=N/O[C@@H]1CC[C@H](C(=O)O)C1)C(C)(C)C. The third-order valence-electron chi connectivity index (χ3n) is 3.43. The van der Waals surface area contributed by atoms with E-state index in [9.17, 15) is 10.0 Å². The normalized spacial score (nSPS) is 23.7. The van der Waals surface area contributed by atoms with Gasteiger partial charge in [-0.3, -0.25) is 4.79 Å². The van der Waals surface area contributed by atoms with E-state index in [1.807, 2.05) is 27.7 Å². The van der Waals surface area contributed by atoms with Gasteiger partial charge in [-0.2, -0.15) is 0 Å². The molecule has 20 heavy (non-hydrogen) atoms. The summed E-state index contributed by atoms with van der Waals surface area (Å²) in [7, 11) is 0. The summed E-state index contributed by atoms with van der Waals surface area (Å²) in [5.41, 5.74) is -0.281. The number of hydrogen-bond donors (Lipinski definition) is 2. The highest BCUT2D eigenvalue weighted by molar-refractivity contribution is 5.70. The molecule has 2 N–H and O–H groups in total. The second-order valence-corrected chi connectivity index (χ2v) is 6.22. The fourth-order valence-electron chi connectivity index (χ4n) is 2.32. The molecule has 0 heterocycles. The second-order valence-electron chi connectivity index (χ2n) is 6.22. The van der Waals surface area contributed by atoms with E-state index in [2.05, 4.69) is 5.28 Å². The van der Waals surface area contributed by atoms with E-state index in [0.717, 1.165) is 11.4 Å². The predicted octanol–water partition coefficient (Wildman–Crippen LogP) is 2.45. The second kappa shape index (κ2) is 6.76. The molecule has 0 aromatic heterocycles. The van der Waals surface area contributed by atoms with Crippen molar-refractivity contribution in [2.24, 2.45) is 11.2 Å². The molecule has 116 valence electrons. The van der Waals surface area contributed by atoms with Gasteiger partial charge in [0.15, 0.2) is 0 Å². The van der Waals surface area contributed by atoms with Gasteiger partial charge in [0, 0.05) is 6.42 Å². The Balaban J connectivity index is 2.58. The molecule has 1 aliphatic carbocycles. The third kappa shape index (κ3) is 4.54. The lowest BCUT2D eigenvalue weighted by Gasteiger charge is -2.25. The fraction of sp³-hybridized carbons (Fsp3) is 0.923. The van der Waals surface area contributed by atoms with Gasteiger partial charge in [0.05, 0.1) is 18.0 Å². The number of carboxylic acids is 1. The first-order chi connectivity index (χ1) is 9.25. The van der Waals surface area contributed by atoms with Crippen LogP contribution in [0.3, 0.4) is 0 Å². The number of hydrazine groups is 1. The van der Waals surface area contributed by atoms with Crippen LogP contribution >= 0.6 is 0 Å². The van der Waals surface area contributed by atoms with Crippen LogP contribution in [-0.2, 0) is 9.63 Å². The number of nitrogens with zero attached hydrogens (tertiary/aromatic N) is 3. The fourth-order valence-corrected chi connectivity index (χ4v) is 2.32. The van der Waals surface area contributed by atoms with E-state index in [-0.39, 0.29) is 17.6 Å². The Bertz CT molecular complexity index is 365. The van der Waals surface area contributed by atoms with Crippen molar-refractivity contribution in [1.82, 2.24) is 5.01 Å². The third-order valence-corrected chi connectivity index (χ3v) is 3.43. The molecule has 1 aliphatic rings. The first-order valence-electron chi connectivity index (χ1n) is 7.11. The molecule has 0 unspecified atom stereocenters. The van der Waals surface area contributed by atoms with Crippen molar-refractivity contribution < 1.29 is 24.9 Å². The molecule has 1 fully saturated rings. The van der Waals surface area contributed by atoms with Crippen LogP contribution in [0.25, 0.3) is 0 Å². The van der Waals surface area contributed by atoms with Gasteiger partial charge in [-0.05, 0) is 40.0 Å². The molecule has 0 aromatic carbocycles. The molecule has 7 nitrogen and oxygen atoms in total. The van der Waals surface area contributed by atoms with Crippen LogP contribution in [-0.4, -0.2) is 44.4 Å². The molecule has 0 saturated heterocycles. The lowest BCUT2D eigenvalue weighted by Crippen LogP contribution is -2.47. The van der Waals surface area contributed by atoms with Gasteiger partial charge < -0.3 is 9.94 Å². The van der Waals surface area contributed by atoms with E-state index in [4.69, 9.17) is 9.94 Å². The zero-order valence-corrected chi connectivity index (χ0v) is 12.7. The summed E-state index contributed by atoms with van der Waals surface area (Å²) in [6.45, 7) is 8.57. The average Bonchev–Trinajstić information content (AvgIpc) is 2.80. The average molecular weight is 288 g/mol. The van der Waals surface area contributed by atoms with Gasteiger partial charge in [-0.1, -0.05) is 6.92 Å². The highest BCUT2D eigenvalue weighted by atomic mass is 16.7. The molecule has 7 heteroatoms. The summed E-state index contributed by atoms with van der Waals surface area (Å²) >= 11 is 0. The first-order valence-corrected chi connectivity index (χ1v) is 7.11. The molecule has 2 atom stereocenters. The minimum absolute atomic E-state index is 0.241. The summed E-state index contributed by atoms with van der Waals surface area (Å²) in [5, 5.41) is 24.3. The van der Waals surface area contributed by atoms with E-state index in [1.54, 1.807) is 5.01 Å². The molecule has 1 rings (SSSR count). The van der Waals surface area contributed by atoms with Crippen molar-refractivity contribution in [1.29, 1.82) is 0 Å². The molecular formula is C13H26N3O4+. The van der Waals surface area contributed by atoms with Crippen molar-refractivity contribution in [3.05, 3.63) is 0 Å². The van der Waals surface area contributed by atoms with Crippen LogP contribution < -0.4 is 0 Å². The van der Waals surface area contributed by atoms with Crippen molar-refractivity contribution in [2.75, 3.05) is 6.54 Å². The van der Waals surface area contributed by atoms with Gasteiger partial charge in [0.2, 0.25) is 0 Å². The van der Waals surface area contributed by atoms with E-state index < -0.39 is 5.97 Å². The molecule has 1 saturated carbocycles. The van der Waals surface area contributed by atoms with E-state index >= 15 is 0 Å². The van der Waals surface area contributed by atoms with Gasteiger partial charge in [-0.25, -0.2) is 5.21 Å². The monoisotopic (exact) mass is 288 g/mol. The van der Waals surface area contributed by atoms with Crippen LogP contribution in [0.1, 0.15) is 53.4 Å². The smallest absolute Gasteiger partial charge is 0.306 e. The van der Waals surface area contributed by atoms with E-state index in [1.165, 1.54) is 0 Å². The molecule has 0 spiro atoms. The number of carboxylic acid groups (broad SMARTS) is 1. The highest BCUT2D eigenvalue weighted by Gasteiger charge is 2.34. The Hall–Kier alpha value is -1.53. The Morgan fingerprint density at radius 1 is 1.45 bits per heavy atom. The Labute approximate surface area is 119 Å². The largest absolute Gasteiger partial charge is 0.481 e. The number of carbonyl (C=O) groups is 1. The van der Waals surface area contributed by atoms with Crippen LogP contribution in [0.5, 0.6) is 0 Å². The first kappa shape index (κ1) is 16.5. The van der Waals surface area contributed by atoms with Crippen LogP contribution in [0.2, 0.25) is 0 Å². The Kier molecular flexibility index (Phi) is 5.59. The summed E-state index contributed by atoms with van der Waals surface area (Å²) in [6.07, 6.45) is 2.31. The quantitative estimate of drug-likeness (QED) is 0.445. The Morgan fingerprint density at radius 2 is 2.10 bits per heavy atom. The molecule has 0 bridgehead atoms. The lowest BCUT2D eigenvalue weighted by atomic mass is 10.1. The highest BCUT2D eigenvalue weighted by Crippen LogP contribution is 2.28. The van der Waals surface area contributed by atoms with Crippen molar-refractivity contribution in [2.45, 2.75) is 65.0 Å². The molecule has 0 aliphatic heterocycles. The summed E-state index contributed by atoms with van der Waals surface area (Å²) < 4.78 is 0. The van der Waals surface area contributed by atoms with Gasteiger partial charge >= 0.3 is 5.97 Å². The van der Waals surface area contributed by atoms with Crippen molar-refractivity contribution in [3.63, 3.8) is 0 Å². The van der Waals surface area contributed by atoms with Crippen LogP contribution in [0.15, 0.2) is 5.28 Å². The molecule has 0 aromatic rings. The van der Waals surface area contributed by atoms with Gasteiger partial charge in [0.25, 0.3) is 10.2 Å². The number of aliphatic carboxylic acids is 1. The minimum Gasteiger partial charge on any atom is -0.481 e. The maximum atomic E-state index is 10.9. The number of rotatable bonds is 6. The molecular weight excluding hydrogens is 262 g/mol. The molecule has 0 radical (unpaired) electrons. The summed E-state index contributed by atoms with van der Waals surface area (Å²) in [4.78, 5) is 16.9. The van der Waals surface area contributed by atoms with Gasteiger partial charge in [-0.15, -0.1) is 5.01 Å². The van der Waals surface area contributed by atoms with Crippen LogP contribution in [0, 0.1) is 5.92 Å². The molecule has 0 amide bonds. The lowest BCUT2D eigenvalue weighted by molar-refractivity contribution is -0.949. The van der Waals surface area contributed by atoms with Crippen molar-refractivity contribution >= 4 is 5.97 Å². The Morgan fingerprint density at radius 3 is 2.55 bits per heavy atom. The van der Waals surface area contributed by atoms with E-state index in [0.29, 0.717) is 25.8 Å². The minimum atomic E-state index is -0.792. The maximum absolute atomic E-state index is 10.9. The van der Waals surface area contributed by atoms with Crippen LogP contribution in [0.4, 0.5) is 0 Å². The maximum Gasteiger partial charge on any atom is 0.306 e. The predicted molar refractivity (Wildman–Crippen MR) is 71.1 cm³/mol. The summed E-state index contributed by atoms with van der Waals surface area (Å²) in [6, 6.07) is 0. The van der Waals surface area contributed by atoms with Gasteiger partial charge in [0.1, 0.15) is 6.10 Å².